The van der Waals surface area contributed by atoms with Gasteiger partial charge in [-0.25, -0.2) is 4.79 Å². The molecule has 0 saturated carbocycles. The summed E-state index contributed by atoms with van der Waals surface area (Å²) in [7, 11) is 0. The van der Waals surface area contributed by atoms with Crippen molar-refractivity contribution in [3.05, 3.63) is 57.5 Å². The summed E-state index contributed by atoms with van der Waals surface area (Å²) in [6.07, 6.45) is -0.681. The third-order valence-corrected chi connectivity index (χ3v) is 3.55. The summed E-state index contributed by atoms with van der Waals surface area (Å²) >= 11 is 6.66. The van der Waals surface area contributed by atoms with Crippen LogP contribution in [-0.4, -0.2) is 12.1 Å². The predicted molar refractivity (Wildman–Crippen MR) is 84.0 cm³/mol. The van der Waals surface area contributed by atoms with Gasteiger partial charge < -0.3 is 9.47 Å². The first kappa shape index (κ1) is 15.1. The molecule has 0 amide bonds. The van der Waals surface area contributed by atoms with E-state index in [1.165, 1.54) is 0 Å². The fraction of sp³-hybridized carbons (Fsp3) is 0.133. The Labute approximate surface area is 134 Å². The quantitative estimate of drug-likeness (QED) is 0.557. The third-order valence-electron chi connectivity index (χ3n) is 2.49. The highest BCUT2D eigenvalue weighted by molar-refractivity contribution is 9.10. The summed E-state index contributed by atoms with van der Waals surface area (Å²) in [6.45, 7) is 1.66. The monoisotopic (exact) mass is 398 g/mol. The Bertz CT molecular complexity index is 579. The standard InChI is InChI=1S/C15H12Br2O3/c1-10(19-13-6-2-11(16)3-7-13)15(18)20-14-8-4-12(17)5-9-14/h2-10H,1H3. The Hall–Kier alpha value is -1.33. The van der Waals surface area contributed by atoms with Crippen molar-refractivity contribution in [2.24, 2.45) is 0 Å². The lowest BCUT2D eigenvalue weighted by atomic mass is 10.3. The van der Waals surface area contributed by atoms with Crippen molar-refractivity contribution >= 4 is 37.8 Å². The first-order chi connectivity index (χ1) is 9.54. The van der Waals surface area contributed by atoms with Crippen LogP contribution in [0.5, 0.6) is 11.5 Å². The van der Waals surface area contributed by atoms with E-state index < -0.39 is 12.1 Å². The molecule has 104 valence electrons. The van der Waals surface area contributed by atoms with Crippen LogP contribution in [0.25, 0.3) is 0 Å². The van der Waals surface area contributed by atoms with Crippen molar-refractivity contribution in [2.75, 3.05) is 0 Å². The van der Waals surface area contributed by atoms with Gasteiger partial charge in [0.15, 0.2) is 6.10 Å². The summed E-state index contributed by atoms with van der Waals surface area (Å²) in [5, 5.41) is 0. The second-order valence-corrected chi connectivity index (χ2v) is 5.92. The molecule has 0 aromatic heterocycles. The van der Waals surface area contributed by atoms with Crippen LogP contribution in [0.2, 0.25) is 0 Å². The van der Waals surface area contributed by atoms with Crippen molar-refractivity contribution in [1.82, 2.24) is 0 Å². The summed E-state index contributed by atoms with van der Waals surface area (Å²) in [5.41, 5.74) is 0. The number of halogens is 2. The van der Waals surface area contributed by atoms with Crippen molar-refractivity contribution in [3.63, 3.8) is 0 Å². The topological polar surface area (TPSA) is 35.5 Å². The largest absolute Gasteiger partial charge is 0.479 e. The van der Waals surface area contributed by atoms with E-state index in [2.05, 4.69) is 31.9 Å². The van der Waals surface area contributed by atoms with Gasteiger partial charge >= 0.3 is 5.97 Å². The van der Waals surface area contributed by atoms with E-state index in [-0.39, 0.29) is 0 Å². The van der Waals surface area contributed by atoms with Crippen LogP contribution in [0.15, 0.2) is 57.5 Å². The predicted octanol–water partition coefficient (Wildman–Crippen LogP) is 4.58. The van der Waals surface area contributed by atoms with E-state index in [0.29, 0.717) is 11.5 Å². The van der Waals surface area contributed by atoms with Crippen LogP contribution in [0.4, 0.5) is 0 Å². The van der Waals surface area contributed by atoms with Gasteiger partial charge in [-0.3, -0.25) is 0 Å². The summed E-state index contributed by atoms with van der Waals surface area (Å²) in [5.74, 6) is 0.674. The average Bonchev–Trinajstić information content (AvgIpc) is 2.44. The number of hydrogen-bond donors (Lipinski definition) is 0. The molecule has 1 atom stereocenters. The minimum atomic E-state index is -0.681. The zero-order valence-electron chi connectivity index (χ0n) is 10.7. The molecule has 0 radical (unpaired) electrons. The van der Waals surface area contributed by atoms with Gasteiger partial charge in [-0.2, -0.15) is 0 Å². The number of carbonyl (C=O) groups is 1. The number of esters is 1. The fourth-order valence-corrected chi connectivity index (χ4v) is 2.00. The van der Waals surface area contributed by atoms with Crippen molar-refractivity contribution in [3.8, 4) is 11.5 Å². The Kier molecular flexibility index (Phi) is 5.20. The van der Waals surface area contributed by atoms with Gasteiger partial charge in [0.1, 0.15) is 11.5 Å². The maximum atomic E-state index is 11.9. The van der Waals surface area contributed by atoms with Gasteiger partial charge in [-0.15, -0.1) is 0 Å². The molecule has 20 heavy (non-hydrogen) atoms. The molecule has 0 spiro atoms. The van der Waals surface area contributed by atoms with Crippen LogP contribution in [0, 0.1) is 0 Å². The van der Waals surface area contributed by atoms with Gasteiger partial charge in [-0.1, -0.05) is 31.9 Å². The lowest BCUT2D eigenvalue weighted by molar-refractivity contribution is -0.141. The molecule has 0 saturated heterocycles. The molecule has 0 aliphatic carbocycles. The van der Waals surface area contributed by atoms with Gasteiger partial charge in [0.25, 0.3) is 0 Å². The number of rotatable bonds is 4. The Morgan fingerprint density at radius 3 is 1.85 bits per heavy atom. The average molecular weight is 400 g/mol. The molecule has 2 aromatic rings. The van der Waals surface area contributed by atoms with Gasteiger partial charge in [0.05, 0.1) is 0 Å². The molecule has 0 aliphatic rings. The van der Waals surface area contributed by atoms with Crippen molar-refractivity contribution in [1.29, 1.82) is 0 Å². The highest BCUT2D eigenvalue weighted by atomic mass is 79.9. The van der Waals surface area contributed by atoms with E-state index in [1.54, 1.807) is 31.2 Å². The molecule has 2 rings (SSSR count). The van der Waals surface area contributed by atoms with Gasteiger partial charge in [0, 0.05) is 8.95 Å². The molecular weight excluding hydrogens is 388 g/mol. The SMILES string of the molecule is CC(Oc1ccc(Br)cc1)C(=O)Oc1ccc(Br)cc1. The van der Waals surface area contributed by atoms with Crippen molar-refractivity contribution in [2.45, 2.75) is 13.0 Å². The minimum absolute atomic E-state index is 0.435. The molecule has 0 aliphatic heterocycles. The number of ether oxygens (including phenoxy) is 2. The zero-order chi connectivity index (χ0) is 14.5. The number of benzene rings is 2. The number of carbonyl (C=O) groups excluding carboxylic acids is 1. The Morgan fingerprint density at radius 1 is 0.900 bits per heavy atom. The fourth-order valence-electron chi connectivity index (χ4n) is 1.47. The maximum absolute atomic E-state index is 11.9. The molecule has 0 N–H and O–H groups in total. The van der Waals surface area contributed by atoms with Crippen LogP contribution >= 0.6 is 31.9 Å². The molecule has 2 aromatic carbocycles. The van der Waals surface area contributed by atoms with E-state index in [4.69, 9.17) is 9.47 Å². The lowest BCUT2D eigenvalue weighted by Crippen LogP contribution is -2.28. The second kappa shape index (κ2) is 6.90. The third kappa shape index (κ3) is 4.35. The van der Waals surface area contributed by atoms with Crippen molar-refractivity contribution < 1.29 is 14.3 Å². The normalized spacial score (nSPS) is 11.8. The number of hydrogen-bond acceptors (Lipinski definition) is 3. The summed E-state index contributed by atoms with van der Waals surface area (Å²) in [6, 6.07) is 14.3. The molecule has 0 fully saturated rings. The highest BCUT2D eigenvalue weighted by Gasteiger charge is 2.17. The van der Waals surface area contributed by atoms with Gasteiger partial charge in [-0.05, 0) is 55.5 Å². The second-order valence-electron chi connectivity index (χ2n) is 4.09. The highest BCUT2D eigenvalue weighted by Crippen LogP contribution is 2.19. The first-order valence-corrected chi connectivity index (χ1v) is 7.52. The summed E-state index contributed by atoms with van der Waals surface area (Å²) < 4.78 is 12.6. The Morgan fingerprint density at radius 2 is 1.35 bits per heavy atom. The molecule has 0 bridgehead atoms. The first-order valence-electron chi connectivity index (χ1n) is 5.94. The minimum Gasteiger partial charge on any atom is -0.479 e. The van der Waals surface area contributed by atoms with Crippen LogP contribution in [0.3, 0.4) is 0 Å². The van der Waals surface area contributed by atoms with Crippen LogP contribution in [0.1, 0.15) is 6.92 Å². The molecule has 0 heterocycles. The van der Waals surface area contributed by atoms with Crippen LogP contribution < -0.4 is 9.47 Å². The molecule has 1 unspecified atom stereocenters. The Balaban J connectivity index is 1.94. The van der Waals surface area contributed by atoms with Crippen LogP contribution in [-0.2, 0) is 4.79 Å². The van der Waals surface area contributed by atoms with E-state index in [1.807, 2.05) is 24.3 Å². The van der Waals surface area contributed by atoms with Gasteiger partial charge in [0.2, 0.25) is 0 Å². The molecule has 5 heteroatoms. The smallest absolute Gasteiger partial charge is 0.352 e. The summed E-state index contributed by atoms with van der Waals surface area (Å²) in [4.78, 5) is 11.9. The molecule has 3 nitrogen and oxygen atoms in total. The van der Waals surface area contributed by atoms with E-state index in [9.17, 15) is 4.79 Å². The zero-order valence-corrected chi connectivity index (χ0v) is 13.8. The lowest BCUT2D eigenvalue weighted by Gasteiger charge is -2.13. The van der Waals surface area contributed by atoms with E-state index in [0.717, 1.165) is 8.95 Å². The maximum Gasteiger partial charge on any atom is 0.352 e. The molecular formula is C15H12Br2O3. The van der Waals surface area contributed by atoms with E-state index >= 15 is 0 Å².